The molecule has 0 saturated carbocycles. The zero-order valence-corrected chi connectivity index (χ0v) is 7.78. The highest BCUT2D eigenvalue weighted by Crippen LogP contribution is 2.16. The van der Waals surface area contributed by atoms with Crippen LogP contribution in [0.4, 0.5) is 0 Å². The van der Waals surface area contributed by atoms with E-state index in [2.05, 4.69) is 34.3 Å². The highest BCUT2D eigenvalue weighted by atomic mass is 14.1. The summed E-state index contributed by atoms with van der Waals surface area (Å²) in [5.41, 5.74) is 1.40. The van der Waals surface area contributed by atoms with Gasteiger partial charge < -0.3 is 0 Å². The molecule has 0 N–H and O–H groups in total. The summed E-state index contributed by atoms with van der Waals surface area (Å²) in [6.07, 6.45) is 2.49. The molecule has 0 saturated heterocycles. The first kappa shape index (κ1) is 9.74. The maximum absolute atomic E-state index is 4.03. The van der Waals surface area contributed by atoms with Gasteiger partial charge in [0, 0.05) is 0 Å². The topological polar surface area (TPSA) is 0 Å². The molecule has 0 unspecified atom stereocenters. The van der Waals surface area contributed by atoms with Crippen LogP contribution in [-0.2, 0) is 0 Å². The summed E-state index contributed by atoms with van der Waals surface area (Å²) in [7, 11) is 0. The smallest absolute Gasteiger partial charge is 0.0263 e. The van der Waals surface area contributed by atoms with Crippen molar-refractivity contribution in [3.05, 3.63) is 12.2 Å². The lowest BCUT2D eigenvalue weighted by Gasteiger charge is -2.10. The molecule has 0 bridgehead atoms. The van der Waals surface area contributed by atoms with E-state index >= 15 is 0 Å². The molecule has 0 amide bonds. The average molecular weight is 140 g/mol. The predicted octanol–water partition coefficient (Wildman–Crippen LogP) is 3.63. The van der Waals surface area contributed by atoms with Gasteiger partial charge in [-0.15, -0.1) is 0 Å². The molecule has 60 valence electrons. The van der Waals surface area contributed by atoms with Gasteiger partial charge in [-0.25, -0.2) is 0 Å². The lowest BCUT2D eigenvalue weighted by molar-refractivity contribution is 0.561. The predicted molar refractivity (Wildman–Crippen MR) is 48.1 cm³/mol. The van der Waals surface area contributed by atoms with E-state index < -0.39 is 0 Å². The molecule has 0 aromatic rings. The third kappa shape index (κ3) is 4.60. The van der Waals surface area contributed by atoms with E-state index in [1.807, 2.05) is 0 Å². The van der Waals surface area contributed by atoms with Gasteiger partial charge in [-0.2, -0.15) is 0 Å². The first-order valence-electron chi connectivity index (χ1n) is 4.21. The van der Waals surface area contributed by atoms with Crippen LogP contribution in [0.2, 0.25) is 0 Å². The van der Waals surface area contributed by atoms with E-state index in [1.165, 1.54) is 18.4 Å². The van der Waals surface area contributed by atoms with Gasteiger partial charge in [0.15, 0.2) is 0 Å². The molecule has 0 atom stereocenters. The van der Waals surface area contributed by atoms with Gasteiger partial charge in [0.2, 0.25) is 0 Å². The Morgan fingerprint density at radius 2 is 1.70 bits per heavy atom. The lowest BCUT2D eigenvalue weighted by atomic mass is 9.96. The fourth-order valence-electron chi connectivity index (χ4n) is 0.763. The van der Waals surface area contributed by atoms with Crippen LogP contribution >= 0.6 is 0 Å². The lowest BCUT2D eigenvalue weighted by Crippen LogP contribution is -1.95. The number of hydrogen-bond donors (Lipinski definition) is 0. The summed E-state index contributed by atoms with van der Waals surface area (Å²) < 4.78 is 0. The molecule has 0 nitrogen and oxygen atoms in total. The van der Waals surface area contributed by atoms with Crippen molar-refractivity contribution in [3.63, 3.8) is 0 Å². The Morgan fingerprint density at radius 1 is 1.20 bits per heavy atom. The average Bonchev–Trinajstić information content (AvgIpc) is 1.82. The Morgan fingerprint density at radius 3 is 2.00 bits per heavy atom. The Balaban J connectivity index is 3.40. The van der Waals surface area contributed by atoms with Crippen molar-refractivity contribution in [2.24, 2.45) is 11.8 Å². The first-order chi connectivity index (χ1) is 4.54. The SMILES string of the molecule is C=C(CCC(C)C)C(C)C. The quantitative estimate of drug-likeness (QED) is 0.523. The van der Waals surface area contributed by atoms with Crippen molar-refractivity contribution in [1.29, 1.82) is 0 Å². The van der Waals surface area contributed by atoms with Gasteiger partial charge in [-0.3, -0.25) is 0 Å². The summed E-state index contributed by atoms with van der Waals surface area (Å²) in [5.74, 6) is 1.48. The molecule has 0 aliphatic rings. The van der Waals surface area contributed by atoms with Crippen molar-refractivity contribution in [1.82, 2.24) is 0 Å². The molecule has 0 aromatic carbocycles. The maximum atomic E-state index is 4.03. The highest BCUT2D eigenvalue weighted by Gasteiger charge is 2.00. The molecule has 0 aliphatic heterocycles. The highest BCUT2D eigenvalue weighted by molar-refractivity contribution is 4.96. The van der Waals surface area contributed by atoms with Crippen LogP contribution in [0.25, 0.3) is 0 Å². The van der Waals surface area contributed by atoms with Crippen LogP contribution in [0.15, 0.2) is 12.2 Å². The fourth-order valence-corrected chi connectivity index (χ4v) is 0.763. The van der Waals surface area contributed by atoms with Gasteiger partial charge in [0.1, 0.15) is 0 Å². The Bertz CT molecular complexity index is 98.6. The van der Waals surface area contributed by atoms with Gasteiger partial charge in [-0.05, 0) is 24.7 Å². The van der Waals surface area contributed by atoms with Gasteiger partial charge in [0.25, 0.3) is 0 Å². The number of rotatable bonds is 4. The van der Waals surface area contributed by atoms with E-state index in [0.29, 0.717) is 5.92 Å². The monoisotopic (exact) mass is 140 g/mol. The summed E-state index contributed by atoms with van der Waals surface area (Å²) >= 11 is 0. The second-order valence-electron chi connectivity index (χ2n) is 3.75. The van der Waals surface area contributed by atoms with Crippen molar-refractivity contribution in [2.75, 3.05) is 0 Å². The number of allylic oxidation sites excluding steroid dienone is 1. The Labute approximate surface area is 65.3 Å². The molecular formula is C10H20. The maximum Gasteiger partial charge on any atom is -0.0263 e. The molecule has 0 heteroatoms. The minimum Gasteiger partial charge on any atom is -0.0996 e. The Hall–Kier alpha value is -0.260. The van der Waals surface area contributed by atoms with Crippen molar-refractivity contribution in [3.8, 4) is 0 Å². The second kappa shape index (κ2) is 4.54. The number of hydrogen-bond acceptors (Lipinski definition) is 0. The van der Waals surface area contributed by atoms with E-state index in [0.717, 1.165) is 5.92 Å². The summed E-state index contributed by atoms with van der Waals surface area (Å²) in [6.45, 7) is 13.0. The third-order valence-electron chi connectivity index (χ3n) is 1.86. The third-order valence-corrected chi connectivity index (χ3v) is 1.86. The molecule has 0 radical (unpaired) electrons. The van der Waals surface area contributed by atoms with Gasteiger partial charge in [0.05, 0.1) is 0 Å². The van der Waals surface area contributed by atoms with Crippen LogP contribution in [0, 0.1) is 11.8 Å². The van der Waals surface area contributed by atoms with E-state index in [-0.39, 0.29) is 0 Å². The van der Waals surface area contributed by atoms with Crippen molar-refractivity contribution in [2.45, 2.75) is 40.5 Å². The van der Waals surface area contributed by atoms with Crippen LogP contribution in [0.1, 0.15) is 40.5 Å². The molecule has 0 heterocycles. The van der Waals surface area contributed by atoms with Crippen LogP contribution in [0.3, 0.4) is 0 Å². The Kier molecular flexibility index (Phi) is 4.42. The minimum atomic E-state index is 0.666. The minimum absolute atomic E-state index is 0.666. The molecular weight excluding hydrogens is 120 g/mol. The van der Waals surface area contributed by atoms with Crippen molar-refractivity contribution < 1.29 is 0 Å². The van der Waals surface area contributed by atoms with Crippen LogP contribution in [-0.4, -0.2) is 0 Å². The standard InChI is InChI=1S/C10H20/c1-8(2)6-7-10(5)9(3)4/h8-9H,5-7H2,1-4H3. The van der Waals surface area contributed by atoms with Crippen LogP contribution in [0.5, 0.6) is 0 Å². The fraction of sp³-hybridized carbons (Fsp3) is 0.800. The van der Waals surface area contributed by atoms with Gasteiger partial charge in [-0.1, -0.05) is 39.8 Å². The molecule has 0 rings (SSSR count). The zero-order valence-electron chi connectivity index (χ0n) is 7.78. The van der Waals surface area contributed by atoms with E-state index in [4.69, 9.17) is 0 Å². The normalized spacial score (nSPS) is 11.0. The zero-order chi connectivity index (χ0) is 8.15. The van der Waals surface area contributed by atoms with Crippen LogP contribution < -0.4 is 0 Å². The van der Waals surface area contributed by atoms with Gasteiger partial charge >= 0.3 is 0 Å². The molecule has 0 spiro atoms. The molecule has 0 fully saturated rings. The first-order valence-corrected chi connectivity index (χ1v) is 4.21. The summed E-state index contributed by atoms with van der Waals surface area (Å²) in [5, 5.41) is 0. The summed E-state index contributed by atoms with van der Waals surface area (Å²) in [6, 6.07) is 0. The van der Waals surface area contributed by atoms with Crippen molar-refractivity contribution >= 4 is 0 Å². The second-order valence-corrected chi connectivity index (χ2v) is 3.75. The molecule has 0 aromatic heterocycles. The largest absolute Gasteiger partial charge is 0.0996 e. The molecule has 10 heavy (non-hydrogen) atoms. The summed E-state index contributed by atoms with van der Waals surface area (Å²) in [4.78, 5) is 0. The van der Waals surface area contributed by atoms with E-state index in [9.17, 15) is 0 Å². The van der Waals surface area contributed by atoms with E-state index in [1.54, 1.807) is 0 Å². The molecule has 0 aliphatic carbocycles.